The van der Waals surface area contributed by atoms with E-state index in [0.717, 1.165) is 18.5 Å². The number of hydrogen-bond acceptors (Lipinski definition) is 6. The number of aromatic nitrogens is 1. The van der Waals surface area contributed by atoms with Crippen LogP contribution < -0.4 is 0 Å². The molecule has 0 atom stereocenters. The van der Waals surface area contributed by atoms with Crippen LogP contribution in [0.5, 0.6) is 0 Å². The minimum atomic E-state index is -1.91. The summed E-state index contributed by atoms with van der Waals surface area (Å²) in [5, 5.41) is 0. The lowest BCUT2D eigenvalue weighted by Gasteiger charge is -2.23. The van der Waals surface area contributed by atoms with Crippen molar-refractivity contribution in [3.05, 3.63) is 41.7 Å². The Morgan fingerprint density at radius 1 is 1.18 bits per heavy atom. The molecule has 7 nitrogen and oxygen atoms in total. The molecule has 0 N–H and O–H groups in total. The lowest BCUT2D eigenvalue weighted by molar-refractivity contribution is -0.112. The van der Waals surface area contributed by atoms with Gasteiger partial charge < -0.3 is 13.9 Å². The predicted molar refractivity (Wildman–Crippen MR) is 140 cm³/mol. The first kappa shape index (κ1) is 31.4. The third-order valence-electron chi connectivity index (χ3n) is 4.09. The predicted octanol–water partition coefficient (Wildman–Crippen LogP) is 6.76. The second kappa shape index (κ2) is 13.9. The van der Waals surface area contributed by atoms with Crippen LogP contribution in [-0.4, -0.2) is 42.9 Å². The van der Waals surface area contributed by atoms with E-state index in [2.05, 4.69) is 26.2 Å². The summed E-state index contributed by atoms with van der Waals surface area (Å²) in [6.45, 7) is 22.4. The van der Waals surface area contributed by atoms with Crippen molar-refractivity contribution >= 4 is 31.9 Å². The van der Waals surface area contributed by atoms with E-state index in [1.165, 1.54) is 23.8 Å². The van der Waals surface area contributed by atoms with Crippen LogP contribution in [0.4, 0.5) is 4.79 Å². The normalized spacial score (nSPS) is 12.8. The van der Waals surface area contributed by atoms with Crippen molar-refractivity contribution in [3.8, 4) is 0 Å². The minimum Gasteiger partial charge on any atom is -0.544 e. The number of esters is 1. The first-order chi connectivity index (χ1) is 15.7. The zero-order chi connectivity index (χ0) is 26.7. The fraction of sp³-hybridized carbons (Fsp3) is 0.577. The Bertz CT molecular complexity index is 884. The maximum atomic E-state index is 12.8. The van der Waals surface area contributed by atoms with Crippen LogP contribution in [0.25, 0.3) is 5.76 Å². The molecule has 1 heterocycles. The van der Waals surface area contributed by atoms with Crippen molar-refractivity contribution in [1.82, 2.24) is 4.57 Å². The van der Waals surface area contributed by atoms with Gasteiger partial charge in [0.15, 0.2) is 5.78 Å². The van der Waals surface area contributed by atoms with Gasteiger partial charge in [-0.1, -0.05) is 20.4 Å². The first-order valence-corrected chi connectivity index (χ1v) is 15.3. The van der Waals surface area contributed by atoms with E-state index in [0.29, 0.717) is 23.3 Å². The lowest BCUT2D eigenvalue weighted by Crippen LogP contribution is -2.28. The Kier molecular flexibility index (Phi) is 12.9. The van der Waals surface area contributed by atoms with Crippen molar-refractivity contribution in [2.45, 2.75) is 93.0 Å². The number of allylic oxidation sites excluding steroid dienone is 2. The van der Waals surface area contributed by atoms with Crippen LogP contribution >= 0.6 is 0 Å². The lowest BCUT2D eigenvalue weighted by atomic mass is 10.1. The average molecular weight is 494 g/mol. The monoisotopic (exact) mass is 493 g/mol. The van der Waals surface area contributed by atoms with Gasteiger partial charge in [0.1, 0.15) is 11.4 Å². The van der Waals surface area contributed by atoms with Crippen LogP contribution in [0.3, 0.4) is 0 Å². The second-order valence-corrected chi connectivity index (χ2v) is 13.9. The van der Waals surface area contributed by atoms with Crippen LogP contribution in [0.2, 0.25) is 19.6 Å². The van der Waals surface area contributed by atoms with E-state index in [1.54, 1.807) is 6.92 Å². The van der Waals surface area contributed by atoms with Gasteiger partial charge in [0, 0.05) is 11.9 Å². The largest absolute Gasteiger partial charge is 0.544 e. The molecule has 34 heavy (non-hydrogen) atoms. The summed E-state index contributed by atoms with van der Waals surface area (Å²) in [5.41, 5.74) is 1.13. The van der Waals surface area contributed by atoms with Crippen molar-refractivity contribution in [2.75, 3.05) is 6.61 Å². The highest BCUT2D eigenvalue weighted by molar-refractivity contribution is 6.70. The van der Waals surface area contributed by atoms with Gasteiger partial charge >= 0.3 is 12.1 Å². The maximum absolute atomic E-state index is 12.8. The Morgan fingerprint density at radius 2 is 1.74 bits per heavy atom. The molecular weight excluding hydrogens is 450 g/mol. The van der Waals surface area contributed by atoms with Gasteiger partial charge in [-0.3, -0.25) is 9.36 Å². The van der Waals surface area contributed by atoms with E-state index < -0.39 is 26.0 Å². The number of rotatable bonds is 5. The quantitative estimate of drug-likeness (QED) is 0.256. The summed E-state index contributed by atoms with van der Waals surface area (Å²) in [6.07, 6.45) is 6.67. The molecule has 0 saturated heterocycles. The molecule has 0 aliphatic heterocycles. The summed E-state index contributed by atoms with van der Waals surface area (Å²) in [6, 6.07) is 0. The molecule has 0 spiro atoms. The summed E-state index contributed by atoms with van der Waals surface area (Å²) in [4.78, 5) is 35.1. The summed E-state index contributed by atoms with van der Waals surface area (Å²) < 4.78 is 18.5. The van der Waals surface area contributed by atoms with Crippen LogP contribution in [0, 0.1) is 0 Å². The van der Waals surface area contributed by atoms with Gasteiger partial charge in [0.25, 0.3) is 0 Å². The van der Waals surface area contributed by atoms with Gasteiger partial charge in [-0.25, -0.2) is 9.59 Å². The molecule has 1 aromatic rings. The average Bonchev–Trinajstić information content (AvgIpc) is 2.99. The number of nitrogens with zero attached hydrogens (tertiary/aromatic N) is 1. The molecule has 0 saturated carbocycles. The second-order valence-electron chi connectivity index (χ2n) is 9.43. The molecule has 0 radical (unpaired) electrons. The number of carbonyl (C=O) groups is 3. The Morgan fingerprint density at radius 3 is 2.18 bits per heavy atom. The third kappa shape index (κ3) is 10.5. The van der Waals surface area contributed by atoms with Crippen molar-refractivity contribution < 1.29 is 28.3 Å². The van der Waals surface area contributed by atoms with E-state index in [9.17, 15) is 14.4 Å². The number of carbonyl (C=O) groups excluding carboxylic acids is 3. The fourth-order valence-electron chi connectivity index (χ4n) is 2.93. The SMILES string of the molecule is C=CC(C)=O.CC.CCOC(=O)c1cn(C(=O)OC(C)(C)C)c2c1C(O[Si](C)(C)C)=CCCC2. The first-order valence-electron chi connectivity index (χ1n) is 11.9. The fourth-order valence-corrected chi connectivity index (χ4v) is 3.78. The van der Waals surface area contributed by atoms with Gasteiger partial charge in [-0.15, -0.1) is 0 Å². The van der Waals surface area contributed by atoms with Crippen LogP contribution in [0.1, 0.15) is 82.9 Å². The number of fused-ring (bicyclic) bond motifs is 1. The number of ketones is 1. The molecule has 1 aliphatic carbocycles. The van der Waals surface area contributed by atoms with E-state index in [-0.39, 0.29) is 12.4 Å². The molecule has 192 valence electrons. The smallest absolute Gasteiger partial charge is 0.418 e. The third-order valence-corrected chi connectivity index (χ3v) is 4.92. The van der Waals surface area contributed by atoms with Gasteiger partial charge in [-0.05, 0) is 85.7 Å². The van der Waals surface area contributed by atoms with Crippen LogP contribution in [-0.2, 0) is 25.1 Å². The highest BCUT2D eigenvalue weighted by Gasteiger charge is 2.32. The molecule has 8 heteroatoms. The molecule has 0 fully saturated rings. The Balaban J connectivity index is 0.00000138. The standard InChI is InChI=1S/C20H31NO5Si.C4H6O.C2H6/c1-8-24-18(22)14-13-21(19(23)25-20(2,3)4)15-11-9-10-12-16(17(14)15)26-27(5,6)7;1-3-4(2)5;1-2/h12-13H,8-11H2,1-7H3;3H,1H2,2H3;1-2H3. The van der Waals surface area contributed by atoms with Crippen molar-refractivity contribution in [1.29, 1.82) is 0 Å². The van der Waals surface area contributed by atoms with E-state index in [1.807, 2.05) is 40.7 Å². The number of ether oxygens (including phenoxy) is 2. The van der Waals surface area contributed by atoms with Gasteiger partial charge in [-0.2, -0.15) is 0 Å². The molecular formula is C26H43NO6Si. The van der Waals surface area contributed by atoms with Gasteiger partial charge in [0.2, 0.25) is 8.32 Å². The van der Waals surface area contributed by atoms with E-state index in [4.69, 9.17) is 13.9 Å². The molecule has 0 unspecified atom stereocenters. The highest BCUT2D eigenvalue weighted by atomic mass is 28.4. The molecule has 1 aliphatic rings. The Hall–Kier alpha value is -2.61. The zero-order valence-electron chi connectivity index (χ0n) is 22.7. The zero-order valence-corrected chi connectivity index (χ0v) is 23.7. The summed E-state index contributed by atoms with van der Waals surface area (Å²) in [7, 11) is -1.91. The highest BCUT2D eigenvalue weighted by Crippen LogP contribution is 2.34. The van der Waals surface area contributed by atoms with Crippen molar-refractivity contribution in [3.63, 3.8) is 0 Å². The van der Waals surface area contributed by atoms with Crippen LogP contribution in [0.15, 0.2) is 24.9 Å². The minimum absolute atomic E-state index is 0.0185. The Labute approximate surface area is 206 Å². The molecule has 0 aromatic carbocycles. The molecule has 0 bridgehead atoms. The maximum Gasteiger partial charge on any atom is 0.418 e. The van der Waals surface area contributed by atoms with Gasteiger partial charge in [0.05, 0.1) is 17.7 Å². The van der Waals surface area contributed by atoms with Crippen molar-refractivity contribution in [2.24, 2.45) is 0 Å². The molecule has 2 rings (SSSR count). The summed E-state index contributed by atoms with van der Waals surface area (Å²) >= 11 is 0. The van der Waals surface area contributed by atoms with E-state index >= 15 is 0 Å². The molecule has 0 amide bonds. The summed E-state index contributed by atoms with van der Waals surface area (Å²) in [5.74, 6) is 0.236. The number of hydrogen-bond donors (Lipinski definition) is 0. The topological polar surface area (TPSA) is 83.8 Å². The molecule has 1 aromatic heterocycles.